The predicted octanol–water partition coefficient (Wildman–Crippen LogP) is 0.632. The molecule has 1 atom stereocenters. The van der Waals surface area contributed by atoms with Crippen LogP contribution in [0, 0.1) is 0 Å². The number of carbonyl (C=O) groups is 2. The third-order valence-electron chi connectivity index (χ3n) is 2.31. The summed E-state index contributed by atoms with van der Waals surface area (Å²) in [4.78, 5) is 27.7. The summed E-state index contributed by atoms with van der Waals surface area (Å²) in [7, 11) is 1.58. The van der Waals surface area contributed by atoms with Crippen LogP contribution in [0.4, 0.5) is 0 Å². The molecular weight excluding hydrogens is 248 g/mol. The first-order valence-electron chi connectivity index (χ1n) is 5.69. The largest absolute Gasteiger partial charge is 0.478 e. The molecule has 1 unspecified atom stereocenters. The number of aliphatic hydroxyl groups is 1. The van der Waals surface area contributed by atoms with Crippen LogP contribution in [0.25, 0.3) is 6.08 Å². The highest BCUT2D eigenvalue weighted by molar-refractivity contribution is 5.94. The van der Waals surface area contributed by atoms with Gasteiger partial charge in [-0.05, 0) is 24.6 Å². The molecule has 19 heavy (non-hydrogen) atoms. The normalized spacial score (nSPS) is 12.4. The molecule has 6 heteroatoms. The van der Waals surface area contributed by atoms with Gasteiger partial charge in [-0.1, -0.05) is 0 Å². The van der Waals surface area contributed by atoms with Crippen LogP contribution >= 0.6 is 0 Å². The first-order chi connectivity index (χ1) is 8.90. The summed E-state index contributed by atoms with van der Waals surface area (Å²) in [5.74, 6) is -1.35. The maximum atomic E-state index is 12.0. The maximum Gasteiger partial charge on any atom is 0.328 e. The number of hydrogen-bond donors (Lipinski definition) is 2. The SMILES string of the molecule is CC(O)CN(C)C(=O)c1cncc(/C=C/C(=O)O)c1. The zero-order chi connectivity index (χ0) is 14.4. The van der Waals surface area contributed by atoms with Crippen LogP contribution in [0.15, 0.2) is 24.5 Å². The first kappa shape index (κ1) is 14.8. The van der Waals surface area contributed by atoms with Crippen molar-refractivity contribution in [3.05, 3.63) is 35.7 Å². The minimum absolute atomic E-state index is 0.216. The van der Waals surface area contributed by atoms with Crippen molar-refractivity contribution in [2.45, 2.75) is 13.0 Å². The smallest absolute Gasteiger partial charge is 0.328 e. The van der Waals surface area contributed by atoms with E-state index in [2.05, 4.69) is 4.98 Å². The number of pyridine rings is 1. The summed E-state index contributed by atoms with van der Waals surface area (Å²) in [6, 6.07) is 1.55. The molecule has 0 bridgehead atoms. The molecule has 0 aliphatic rings. The number of amides is 1. The van der Waals surface area contributed by atoms with Gasteiger partial charge < -0.3 is 15.1 Å². The second kappa shape index (κ2) is 6.65. The van der Waals surface area contributed by atoms with Crippen molar-refractivity contribution in [3.8, 4) is 0 Å². The van der Waals surface area contributed by atoms with Gasteiger partial charge in [-0.2, -0.15) is 0 Å². The monoisotopic (exact) mass is 264 g/mol. The van der Waals surface area contributed by atoms with Gasteiger partial charge in [0.2, 0.25) is 0 Å². The summed E-state index contributed by atoms with van der Waals surface area (Å²) in [5.41, 5.74) is 0.870. The lowest BCUT2D eigenvalue weighted by molar-refractivity contribution is -0.131. The van der Waals surface area contributed by atoms with Crippen LogP contribution < -0.4 is 0 Å². The van der Waals surface area contributed by atoms with Gasteiger partial charge in [0, 0.05) is 32.1 Å². The number of aliphatic hydroxyl groups excluding tert-OH is 1. The van der Waals surface area contributed by atoms with Gasteiger partial charge >= 0.3 is 5.97 Å². The summed E-state index contributed by atoms with van der Waals surface area (Å²) in [6.45, 7) is 1.81. The van der Waals surface area contributed by atoms with Crippen molar-refractivity contribution >= 4 is 18.0 Å². The molecule has 1 aromatic heterocycles. The van der Waals surface area contributed by atoms with Crippen LogP contribution in [0.1, 0.15) is 22.8 Å². The van der Waals surface area contributed by atoms with Gasteiger partial charge in [0.25, 0.3) is 5.91 Å². The standard InChI is InChI=1S/C13H16N2O4/c1-9(16)8-15(2)13(19)11-5-10(6-14-7-11)3-4-12(17)18/h3-7,9,16H,8H2,1-2H3,(H,17,18)/b4-3+. The van der Waals surface area contributed by atoms with Gasteiger partial charge in [0.05, 0.1) is 11.7 Å². The van der Waals surface area contributed by atoms with E-state index in [4.69, 9.17) is 5.11 Å². The Morgan fingerprint density at radius 1 is 1.47 bits per heavy atom. The predicted molar refractivity (Wildman–Crippen MR) is 69.5 cm³/mol. The molecule has 1 amide bonds. The number of carbonyl (C=O) groups excluding carboxylic acids is 1. The average molecular weight is 264 g/mol. The van der Waals surface area contributed by atoms with Gasteiger partial charge in [0.15, 0.2) is 0 Å². The minimum atomic E-state index is -1.07. The fourth-order valence-corrected chi connectivity index (χ4v) is 1.53. The second-order valence-corrected chi connectivity index (χ2v) is 4.21. The molecule has 1 aromatic rings. The van der Waals surface area contributed by atoms with E-state index in [1.54, 1.807) is 20.0 Å². The summed E-state index contributed by atoms with van der Waals surface area (Å²) < 4.78 is 0. The lowest BCUT2D eigenvalue weighted by Crippen LogP contribution is -2.33. The molecule has 0 aliphatic heterocycles. The number of aromatic nitrogens is 1. The summed E-state index contributed by atoms with van der Waals surface area (Å²) in [5, 5.41) is 17.8. The number of carboxylic acid groups (broad SMARTS) is 1. The zero-order valence-corrected chi connectivity index (χ0v) is 10.8. The summed E-state index contributed by atoms with van der Waals surface area (Å²) >= 11 is 0. The molecule has 0 fully saturated rings. The second-order valence-electron chi connectivity index (χ2n) is 4.21. The fourth-order valence-electron chi connectivity index (χ4n) is 1.53. The molecule has 0 radical (unpaired) electrons. The van der Waals surface area contributed by atoms with Crippen molar-refractivity contribution in [2.75, 3.05) is 13.6 Å². The van der Waals surface area contributed by atoms with Crippen molar-refractivity contribution in [1.82, 2.24) is 9.88 Å². The van der Waals surface area contributed by atoms with Crippen molar-refractivity contribution in [3.63, 3.8) is 0 Å². The van der Waals surface area contributed by atoms with Gasteiger partial charge in [0.1, 0.15) is 0 Å². The molecule has 0 aliphatic carbocycles. The molecular formula is C13H16N2O4. The molecule has 102 valence electrons. The Balaban J connectivity index is 2.86. The highest BCUT2D eigenvalue weighted by Crippen LogP contribution is 2.08. The van der Waals surface area contributed by atoms with Crippen LogP contribution in [-0.4, -0.2) is 51.7 Å². The lowest BCUT2D eigenvalue weighted by Gasteiger charge is -2.18. The number of likely N-dealkylation sites (N-methyl/N-ethyl adjacent to an activating group) is 1. The Morgan fingerprint density at radius 2 is 2.16 bits per heavy atom. The highest BCUT2D eigenvalue weighted by atomic mass is 16.4. The van der Waals surface area contributed by atoms with Crippen molar-refractivity contribution < 1.29 is 19.8 Å². The van der Waals surface area contributed by atoms with E-state index in [1.165, 1.54) is 23.4 Å². The first-order valence-corrected chi connectivity index (χ1v) is 5.69. The van der Waals surface area contributed by atoms with E-state index < -0.39 is 12.1 Å². The fraction of sp³-hybridized carbons (Fsp3) is 0.308. The number of carboxylic acids is 1. The quantitative estimate of drug-likeness (QED) is 0.761. The van der Waals surface area contributed by atoms with E-state index in [0.29, 0.717) is 11.1 Å². The van der Waals surface area contributed by atoms with Gasteiger partial charge in [-0.3, -0.25) is 9.78 Å². The third kappa shape index (κ3) is 4.89. The zero-order valence-electron chi connectivity index (χ0n) is 10.8. The number of nitrogens with zero attached hydrogens (tertiary/aromatic N) is 2. The highest BCUT2D eigenvalue weighted by Gasteiger charge is 2.13. The van der Waals surface area contributed by atoms with E-state index >= 15 is 0 Å². The summed E-state index contributed by atoms with van der Waals surface area (Å²) in [6.07, 6.45) is 4.59. The minimum Gasteiger partial charge on any atom is -0.478 e. The molecule has 0 aromatic carbocycles. The molecule has 0 saturated carbocycles. The van der Waals surface area contributed by atoms with Crippen LogP contribution in [0.5, 0.6) is 0 Å². The van der Waals surface area contributed by atoms with E-state index in [1.807, 2.05) is 0 Å². The average Bonchev–Trinajstić information content (AvgIpc) is 2.35. The molecule has 1 heterocycles. The van der Waals surface area contributed by atoms with Gasteiger partial charge in [-0.25, -0.2) is 4.79 Å². The molecule has 0 spiro atoms. The topological polar surface area (TPSA) is 90.7 Å². The van der Waals surface area contributed by atoms with Crippen LogP contribution in [-0.2, 0) is 4.79 Å². The molecule has 1 rings (SSSR count). The Kier molecular flexibility index (Phi) is 5.20. The Labute approximate surface area is 111 Å². The molecule has 2 N–H and O–H groups in total. The third-order valence-corrected chi connectivity index (χ3v) is 2.31. The van der Waals surface area contributed by atoms with Crippen LogP contribution in [0.3, 0.4) is 0 Å². The van der Waals surface area contributed by atoms with Crippen LogP contribution in [0.2, 0.25) is 0 Å². The van der Waals surface area contributed by atoms with E-state index in [9.17, 15) is 14.7 Å². The Hall–Kier alpha value is -2.21. The number of aliphatic carboxylic acids is 1. The lowest BCUT2D eigenvalue weighted by atomic mass is 10.1. The number of hydrogen-bond acceptors (Lipinski definition) is 4. The van der Waals surface area contributed by atoms with E-state index in [0.717, 1.165) is 6.08 Å². The molecule has 0 saturated heterocycles. The molecule has 6 nitrogen and oxygen atoms in total. The van der Waals surface area contributed by atoms with Crippen molar-refractivity contribution in [2.24, 2.45) is 0 Å². The van der Waals surface area contributed by atoms with Gasteiger partial charge in [-0.15, -0.1) is 0 Å². The Bertz CT molecular complexity index is 497. The van der Waals surface area contributed by atoms with E-state index in [-0.39, 0.29) is 12.5 Å². The Morgan fingerprint density at radius 3 is 2.74 bits per heavy atom. The van der Waals surface area contributed by atoms with Crippen molar-refractivity contribution in [1.29, 1.82) is 0 Å². The number of rotatable bonds is 5. The maximum absolute atomic E-state index is 12.0.